The Morgan fingerprint density at radius 2 is 2.11 bits per heavy atom. The lowest BCUT2D eigenvalue weighted by Gasteiger charge is -2.30. The van der Waals surface area contributed by atoms with Crippen molar-refractivity contribution in [1.82, 2.24) is 9.97 Å². The lowest BCUT2D eigenvalue weighted by Crippen LogP contribution is -2.36. The van der Waals surface area contributed by atoms with Crippen LogP contribution in [-0.2, 0) is 0 Å². The van der Waals surface area contributed by atoms with Crippen molar-refractivity contribution in [2.75, 3.05) is 18.5 Å². The van der Waals surface area contributed by atoms with Crippen molar-refractivity contribution in [3.8, 4) is 5.88 Å². The Morgan fingerprint density at radius 3 is 2.67 bits per heavy atom. The van der Waals surface area contributed by atoms with E-state index in [4.69, 9.17) is 10.5 Å². The number of anilines is 1. The van der Waals surface area contributed by atoms with Gasteiger partial charge in [0.1, 0.15) is 11.6 Å². The monoisotopic (exact) mass is 252 g/mol. The van der Waals surface area contributed by atoms with Crippen molar-refractivity contribution in [3.63, 3.8) is 0 Å². The van der Waals surface area contributed by atoms with Gasteiger partial charge in [0.2, 0.25) is 5.88 Å². The molecule has 0 bridgehead atoms. The molecule has 1 heterocycles. The zero-order valence-corrected chi connectivity index (χ0v) is 11.8. The van der Waals surface area contributed by atoms with Gasteiger partial charge >= 0.3 is 0 Å². The Morgan fingerprint density at radius 1 is 1.39 bits per heavy atom. The average molecular weight is 252 g/mol. The number of hydrogen-bond acceptors (Lipinski definition) is 5. The molecule has 0 saturated carbocycles. The highest BCUT2D eigenvalue weighted by Gasteiger charge is 2.21. The summed E-state index contributed by atoms with van der Waals surface area (Å²) in [6, 6.07) is 1.83. The average Bonchev–Trinajstić information content (AvgIpc) is 2.28. The fourth-order valence-electron chi connectivity index (χ4n) is 1.78. The second kappa shape index (κ2) is 6.54. The van der Waals surface area contributed by atoms with Crippen molar-refractivity contribution in [2.24, 2.45) is 5.73 Å². The highest BCUT2D eigenvalue weighted by molar-refractivity contribution is 5.41. The lowest BCUT2D eigenvalue weighted by molar-refractivity contribution is 0.325. The number of nitrogens with two attached hydrogens (primary N) is 1. The molecular weight excluding hydrogens is 228 g/mol. The maximum Gasteiger partial charge on any atom is 0.218 e. The molecule has 0 saturated heterocycles. The van der Waals surface area contributed by atoms with Crippen LogP contribution in [0.3, 0.4) is 0 Å². The van der Waals surface area contributed by atoms with Crippen LogP contribution in [0.4, 0.5) is 5.82 Å². The van der Waals surface area contributed by atoms with Gasteiger partial charge in [-0.1, -0.05) is 6.92 Å². The molecule has 0 fully saturated rings. The minimum atomic E-state index is -0.0426. The summed E-state index contributed by atoms with van der Waals surface area (Å²) in [5, 5.41) is 3.43. The first-order valence-electron chi connectivity index (χ1n) is 6.49. The summed E-state index contributed by atoms with van der Waals surface area (Å²) >= 11 is 0. The summed E-state index contributed by atoms with van der Waals surface area (Å²) in [5.74, 6) is 2.11. The van der Waals surface area contributed by atoms with E-state index in [1.807, 2.05) is 19.9 Å². The summed E-state index contributed by atoms with van der Waals surface area (Å²) < 4.78 is 5.42. The van der Waals surface area contributed by atoms with Crippen molar-refractivity contribution in [1.29, 1.82) is 0 Å². The van der Waals surface area contributed by atoms with E-state index in [0.717, 1.165) is 18.7 Å². The van der Waals surface area contributed by atoms with Crippen LogP contribution in [-0.4, -0.2) is 28.7 Å². The highest BCUT2D eigenvalue weighted by Crippen LogP contribution is 2.22. The standard InChI is InChI=1S/C13H24N4O/c1-5-13(4,7-8-14)17-11-9-12(18-6-2)16-10(3)15-11/h9H,5-8,14H2,1-4H3,(H,15,16,17). The van der Waals surface area contributed by atoms with Gasteiger partial charge in [0, 0.05) is 11.6 Å². The van der Waals surface area contributed by atoms with Gasteiger partial charge in [0.15, 0.2) is 0 Å². The van der Waals surface area contributed by atoms with Gasteiger partial charge in [-0.05, 0) is 40.2 Å². The van der Waals surface area contributed by atoms with Crippen LogP contribution in [0, 0.1) is 6.92 Å². The molecule has 1 aromatic rings. The Kier molecular flexibility index (Phi) is 5.34. The Labute approximate surface area is 109 Å². The first-order valence-corrected chi connectivity index (χ1v) is 6.49. The predicted octanol–water partition coefficient (Wildman–Crippen LogP) is 2.11. The predicted molar refractivity (Wildman–Crippen MR) is 73.9 cm³/mol. The van der Waals surface area contributed by atoms with E-state index in [-0.39, 0.29) is 5.54 Å². The van der Waals surface area contributed by atoms with Crippen LogP contribution >= 0.6 is 0 Å². The van der Waals surface area contributed by atoms with Crippen LogP contribution in [0.2, 0.25) is 0 Å². The second-order valence-electron chi connectivity index (χ2n) is 4.65. The van der Waals surface area contributed by atoms with Crippen LogP contribution in [0.5, 0.6) is 5.88 Å². The smallest absolute Gasteiger partial charge is 0.218 e. The fourth-order valence-corrected chi connectivity index (χ4v) is 1.78. The molecule has 5 nitrogen and oxygen atoms in total. The fraction of sp³-hybridized carbons (Fsp3) is 0.692. The van der Waals surface area contributed by atoms with E-state index in [1.165, 1.54) is 0 Å². The van der Waals surface area contributed by atoms with Gasteiger partial charge in [-0.25, -0.2) is 4.98 Å². The minimum Gasteiger partial charge on any atom is -0.478 e. The van der Waals surface area contributed by atoms with Crippen LogP contribution < -0.4 is 15.8 Å². The molecule has 0 aliphatic rings. The second-order valence-corrected chi connectivity index (χ2v) is 4.65. The van der Waals surface area contributed by atoms with Crippen LogP contribution in [0.1, 0.15) is 39.4 Å². The van der Waals surface area contributed by atoms with Gasteiger partial charge in [-0.3, -0.25) is 0 Å². The van der Waals surface area contributed by atoms with Gasteiger partial charge in [0.25, 0.3) is 0 Å². The summed E-state index contributed by atoms with van der Waals surface area (Å²) in [5.41, 5.74) is 5.61. The SMILES string of the molecule is CCOc1cc(NC(C)(CC)CCN)nc(C)n1. The van der Waals surface area contributed by atoms with Gasteiger partial charge in [-0.2, -0.15) is 4.98 Å². The molecule has 0 spiro atoms. The molecule has 0 amide bonds. The first-order chi connectivity index (χ1) is 8.53. The molecule has 102 valence electrons. The van der Waals surface area contributed by atoms with Gasteiger partial charge in [0.05, 0.1) is 6.61 Å². The summed E-state index contributed by atoms with van der Waals surface area (Å²) in [6.45, 7) is 9.34. The molecule has 5 heteroatoms. The quantitative estimate of drug-likeness (QED) is 0.777. The molecule has 0 aliphatic carbocycles. The molecule has 0 radical (unpaired) electrons. The summed E-state index contributed by atoms with van der Waals surface area (Å²) in [6.07, 6.45) is 1.88. The number of ether oxygens (including phenoxy) is 1. The maximum atomic E-state index is 5.65. The molecule has 1 unspecified atom stereocenters. The van der Waals surface area contributed by atoms with E-state index in [9.17, 15) is 0 Å². The molecule has 3 N–H and O–H groups in total. The van der Waals surface area contributed by atoms with Crippen LogP contribution in [0.25, 0.3) is 0 Å². The Hall–Kier alpha value is -1.36. The molecule has 1 rings (SSSR count). The molecule has 1 aromatic heterocycles. The Balaban J connectivity index is 2.88. The van der Waals surface area contributed by atoms with E-state index in [1.54, 1.807) is 0 Å². The largest absolute Gasteiger partial charge is 0.478 e. The van der Waals surface area contributed by atoms with Crippen molar-refractivity contribution >= 4 is 5.82 Å². The third-order valence-corrected chi connectivity index (χ3v) is 3.01. The first kappa shape index (κ1) is 14.7. The zero-order valence-electron chi connectivity index (χ0n) is 11.8. The van der Waals surface area contributed by atoms with Crippen molar-refractivity contribution < 1.29 is 4.74 Å². The normalized spacial score (nSPS) is 14.1. The number of aryl methyl sites for hydroxylation is 1. The molecule has 0 aliphatic heterocycles. The summed E-state index contributed by atoms with van der Waals surface area (Å²) in [4.78, 5) is 8.62. The van der Waals surface area contributed by atoms with E-state index in [0.29, 0.717) is 24.9 Å². The number of rotatable bonds is 7. The summed E-state index contributed by atoms with van der Waals surface area (Å²) in [7, 11) is 0. The lowest BCUT2D eigenvalue weighted by atomic mass is 9.94. The van der Waals surface area contributed by atoms with E-state index in [2.05, 4.69) is 29.1 Å². The Bertz CT molecular complexity index is 383. The third-order valence-electron chi connectivity index (χ3n) is 3.01. The van der Waals surface area contributed by atoms with Crippen LogP contribution in [0.15, 0.2) is 6.07 Å². The molecule has 0 aromatic carbocycles. The highest BCUT2D eigenvalue weighted by atomic mass is 16.5. The number of nitrogens with zero attached hydrogens (tertiary/aromatic N) is 2. The van der Waals surface area contributed by atoms with Crippen molar-refractivity contribution in [2.45, 2.75) is 46.1 Å². The maximum absolute atomic E-state index is 5.65. The number of hydrogen-bond donors (Lipinski definition) is 2. The topological polar surface area (TPSA) is 73.1 Å². The van der Waals surface area contributed by atoms with E-state index >= 15 is 0 Å². The zero-order chi connectivity index (χ0) is 13.6. The third kappa shape index (κ3) is 4.14. The van der Waals surface area contributed by atoms with Gasteiger partial charge in [-0.15, -0.1) is 0 Å². The molecule has 1 atom stereocenters. The van der Waals surface area contributed by atoms with Gasteiger partial charge < -0.3 is 15.8 Å². The molecule has 18 heavy (non-hydrogen) atoms. The number of nitrogens with one attached hydrogen (secondary N) is 1. The molecular formula is C13H24N4O. The van der Waals surface area contributed by atoms with Crippen molar-refractivity contribution in [3.05, 3.63) is 11.9 Å². The minimum absolute atomic E-state index is 0.0426. The van der Waals surface area contributed by atoms with E-state index < -0.39 is 0 Å². The number of aromatic nitrogens is 2.